The highest BCUT2D eigenvalue weighted by molar-refractivity contribution is 7.65. The van der Waals surface area contributed by atoms with Crippen LogP contribution in [0.2, 0.25) is 0 Å². The normalized spacial score (nSPS) is 13.2. The molecular formula is C18H29O6P. The Balaban J connectivity index is 3.55. The third-order valence-corrected chi connectivity index (χ3v) is 5.44. The molecular weight excluding hydrogens is 343 g/mol. The van der Waals surface area contributed by atoms with Crippen molar-refractivity contribution < 1.29 is 27.6 Å². The zero-order valence-corrected chi connectivity index (χ0v) is 17.1. The SMILES string of the molecule is CCOC(=O)/C=C(\c1oc(C(C)(C)C)cc1C)P(=O)(OCC)OCC. The Morgan fingerprint density at radius 3 is 2.12 bits per heavy atom. The van der Waals surface area contributed by atoms with Gasteiger partial charge in [0.1, 0.15) is 16.8 Å². The summed E-state index contributed by atoms with van der Waals surface area (Å²) in [6.45, 7) is 13.5. The molecule has 0 radical (unpaired) electrons. The van der Waals surface area contributed by atoms with Gasteiger partial charge in [0.2, 0.25) is 0 Å². The molecule has 0 spiro atoms. The molecule has 0 saturated carbocycles. The van der Waals surface area contributed by atoms with Crippen molar-refractivity contribution in [3.05, 3.63) is 29.2 Å². The minimum atomic E-state index is -3.73. The molecule has 0 bridgehead atoms. The van der Waals surface area contributed by atoms with E-state index in [2.05, 4.69) is 0 Å². The van der Waals surface area contributed by atoms with Gasteiger partial charge in [-0.3, -0.25) is 4.57 Å². The van der Waals surface area contributed by atoms with Crippen LogP contribution < -0.4 is 0 Å². The van der Waals surface area contributed by atoms with Gasteiger partial charge in [-0.2, -0.15) is 0 Å². The maximum absolute atomic E-state index is 13.3. The summed E-state index contributed by atoms with van der Waals surface area (Å²) in [6, 6.07) is 1.87. The fraction of sp³-hybridized carbons (Fsp3) is 0.611. The van der Waals surface area contributed by atoms with Crippen LogP contribution >= 0.6 is 7.60 Å². The third-order valence-electron chi connectivity index (χ3n) is 3.32. The van der Waals surface area contributed by atoms with Crippen molar-refractivity contribution in [2.24, 2.45) is 0 Å². The van der Waals surface area contributed by atoms with Crippen LogP contribution in [0.5, 0.6) is 0 Å². The van der Waals surface area contributed by atoms with Gasteiger partial charge in [-0.15, -0.1) is 0 Å². The summed E-state index contributed by atoms with van der Waals surface area (Å²) in [7, 11) is -3.73. The number of hydrogen-bond acceptors (Lipinski definition) is 6. The number of furan rings is 1. The van der Waals surface area contributed by atoms with Crippen molar-refractivity contribution in [1.82, 2.24) is 0 Å². The van der Waals surface area contributed by atoms with Gasteiger partial charge in [0, 0.05) is 11.5 Å². The number of rotatable bonds is 8. The minimum Gasteiger partial charge on any atom is -0.463 e. The molecule has 1 aromatic heterocycles. The summed E-state index contributed by atoms with van der Waals surface area (Å²) < 4.78 is 35.0. The van der Waals surface area contributed by atoms with E-state index in [0.29, 0.717) is 11.5 Å². The fourth-order valence-electron chi connectivity index (χ4n) is 2.19. The van der Waals surface area contributed by atoms with Gasteiger partial charge < -0.3 is 18.2 Å². The van der Waals surface area contributed by atoms with Crippen molar-refractivity contribution in [2.75, 3.05) is 19.8 Å². The van der Waals surface area contributed by atoms with E-state index < -0.39 is 13.6 Å². The van der Waals surface area contributed by atoms with E-state index in [0.717, 1.165) is 11.6 Å². The molecule has 0 N–H and O–H groups in total. The number of aryl methyl sites for hydroxylation is 1. The van der Waals surface area contributed by atoms with Crippen LogP contribution in [-0.4, -0.2) is 25.8 Å². The average molecular weight is 372 g/mol. The molecule has 7 heteroatoms. The van der Waals surface area contributed by atoms with Crippen molar-refractivity contribution in [1.29, 1.82) is 0 Å². The molecule has 0 aromatic carbocycles. The molecule has 6 nitrogen and oxygen atoms in total. The Kier molecular flexibility index (Phi) is 7.66. The molecule has 0 aliphatic rings. The topological polar surface area (TPSA) is 75.0 Å². The highest BCUT2D eigenvalue weighted by atomic mass is 31.2. The molecule has 25 heavy (non-hydrogen) atoms. The van der Waals surface area contributed by atoms with Gasteiger partial charge in [-0.1, -0.05) is 20.8 Å². The zero-order valence-electron chi connectivity index (χ0n) is 16.2. The first-order chi connectivity index (χ1) is 11.6. The molecule has 0 aliphatic carbocycles. The number of carbonyl (C=O) groups is 1. The molecule has 0 saturated heterocycles. The third kappa shape index (κ3) is 5.56. The first-order valence-electron chi connectivity index (χ1n) is 8.48. The minimum absolute atomic E-state index is 0.0858. The van der Waals surface area contributed by atoms with Crippen molar-refractivity contribution in [3.8, 4) is 0 Å². The Bertz CT molecular complexity index is 656. The van der Waals surface area contributed by atoms with Crippen LogP contribution in [0.15, 0.2) is 16.6 Å². The highest BCUT2D eigenvalue weighted by Crippen LogP contribution is 2.61. The summed E-state index contributed by atoms with van der Waals surface area (Å²) >= 11 is 0. The van der Waals surface area contributed by atoms with Crippen LogP contribution in [-0.2, 0) is 28.6 Å². The lowest BCUT2D eigenvalue weighted by atomic mass is 9.93. The smallest absolute Gasteiger partial charge is 0.365 e. The van der Waals surface area contributed by atoms with Gasteiger partial charge >= 0.3 is 13.6 Å². The van der Waals surface area contributed by atoms with Crippen LogP contribution in [0, 0.1) is 6.92 Å². The van der Waals surface area contributed by atoms with Gasteiger partial charge in [0.05, 0.1) is 19.8 Å². The summed E-state index contributed by atoms with van der Waals surface area (Å²) in [5.74, 6) is 0.419. The second-order valence-corrected chi connectivity index (χ2v) is 8.48. The van der Waals surface area contributed by atoms with Crippen molar-refractivity contribution in [3.63, 3.8) is 0 Å². The first kappa shape index (κ1) is 21.7. The number of esters is 1. The average Bonchev–Trinajstić information content (AvgIpc) is 2.87. The summed E-state index contributed by atoms with van der Waals surface area (Å²) in [5.41, 5.74) is 0.513. The molecule has 0 amide bonds. The molecule has 142 valence electrons. The summed E-state index contributed by atoms with van der Waals surface area (Å²) in [4.78, 5) is 12.0. The zero-order chi connectivity index (χ0) is 19.3. The highest BCUT2D eigenvalue weighted by Gasteiger charge is 2.36. The lowest BCUT2D eigenvalue weighted by molar-refractivity contribution is -0.137. The molecule has 0 unspecified atom stereocenters. The molecule has 1 rings (SSSR count). The standard InChI is InChI=1S/C18H29O6P/c1-8-21-16(19)12-14(25(20,22-9-2)23-10-3)17-13(4)11-15(24-17)18(5,6)7/h11-12H,8-10H2,1-7H3/b14-12+. The second kappa shape index (κ2) is 8.84. The van der Waals surface area contributed by atoms with Gasteiger partial charge in [0.15, 0.2) is 0 Å². The van der Waals surface area contributed by atoms with E-state index in [1.807, 2.05) is 33.8 Å². The predicted octanol–water partition coefficient (Wildman–Crippen LogP) is 5.06. The molecule has 0 aliphatic heterocycles. The predicted molar refractivity (Wildman–Crippen MR) is 97.6 cm³/mol. The van der Waals surface area contributed by atoms with Crippen LogP contribution in [0.25, 0.3) is 5.31 Å². The monoisotopic (exact) mass is 372 g/mol. The number of ether oxygens (including phenoxy) is 1. The summed E-state index contributed by atoms with van der Waals surface area (Å²) in [5, 5.41) is 0.0858. The number of carbonyl (C=O) groups excluding carboxylic acids is 1. The van der Waals surface area contributed by atoms with E-state index in [-0.39, 0.29) is 30.5 Å². The first-order valence-corrected chi connectivity index (χ1v) is 10.0. The van der Waals surface area contributed by atoms with E-state index in [1.165, 1.54) is 0 Å². The summed E-state index contributed by atoms with van der Waals surface area (Å²) in [6.07, 6.45) is 1.15. The van der Waals surface area contributed by atoms with Crippen LogP contribution in [0.1, 0.15) is 58.6 Å². The molecule has 1 heterocycles. The van der Waals surface area contributed by atoms with Gasteiger partial charge in [-0.05, 0) is 39.3 Å². The van der Waals surface area contributed by atoms with Crippen molar-refractivity contribution in [2.45, 2.75) is 53.9 Å². The molecule has 1 aromatic rings. The lowest BCUT2D eigenvalue weighted by Crippen LogP contribution is -2.09. The van der Waals surface area contributed by atoms with Crippen LogP contribution in [0.4, 0.5) is 0 Å². The Hall–Kier alpha value is -1.36. The van der Waals surface area contributed by atoms with E-state index in [4.69, 9.17) is 18.2 Å². The quantitative estimate of drug-likeness (QED) is 0.361. The Morgan fingerprint density at radius 2 is 1.72 bits per heavy atom. The maximum atomic E-state index is 13.3. The Morgan fingerprint density at radius 1 is 1.16 bits per heavy atom. The largest absolute Gasteiger partial charge is 0.463 e. The maximum Gasteiger partial charge on any atom is 0.365 e. The van der Waals surface area contributed by atoms with Crippen LogP contribution in [0.3, 0.4) is 0 Å². The second-order valence-electron chi connectivity index (χ2n) is 6.49. The fourth-order valence-corrected chi connectivity index (χ4v) is 3.95. The molecule has 0 fully saturated rings. The van der Waals surface area contributed by atoms with Gasteiger partial charge in [0.25, 0.3) is 0 Å². The van der Waals surface area contributed by atoms with Crippen molar-refractivity contribution >= 4 is 18.9 Å². The lowest BCUT2D eigenvalue weighted by Gasteiger charge is -2.19. The Labute approximate surface area is 150 Å². The molecule has 0 atom stereocenters. The van der Waals surface area contributed by atoms with E-state index in [9.17, 15) is 9.36 Å². The van der Waals surface area contributed by atoms with Gasteiger partial charge in [-0.25, -0.2) is 4.79 Å². The number of hydrogen-bond donors (Lipinski definition) is 0. The van der Waals surface area contributed by atoms with E-state index >= 15 is 0 Å². The van der Waals surface area contributed by atoms with E-state index in [1.54, 1.807) is 20.8 Å².